The van der Waals surface area contributed by atoms with Gasteiger partial charge in [0.15, 0.2) is 11.5 Å². The third-order valence-corrected chi connectivity index (χ3v) is 7.29. The minimum absolute atomic E-state index is 0.117. The van der Waals surface area contributed by atoms with Gasteiger partial charge < -0.3 is 9.47 Å². The van der Waals surface area contributed by atoms with Crippen LogP contribution < -0.4 is 9.47 Å². The van der Waals surface area contributed by atoms with Crippen LogP contribution in [0.25, 0.3) is 10.8 Å². The lowest BCUT2D eigenvalue weighted by atomic mass is 9.74. The molecule has 0 bridgehead atoms. The number of carbonyl (C=O) groups excluding carboxylic acids is 2. The van der Waals surface area contributed by atoms with Gasteiger partial charge in [-0.15, -0.1) is 0 Å². The summed E-state index contributed by atoms with van der Waals surface area (Å²) in [7, 11) is 0. The third kappa shape index (κ3) is 3.53. The fourth-order valence-electron chi connectivity index (χ4n) is 5.48. The van der Waals surface area contributed by atoms with E-state index in [9.17, 15) is 9.59 Å². The van der Waals surface area contributed by atoms with Crippen molar-refractivity contribution in [2.24, 2.45) is 0 Å². The van der Waals surface area contributed by atoms with Crippen LogP contribution in [0.1, 0.15) is 43.3 Å². The summed E-state index contributed by atoms with van der Waals surface area (Å²) in [5.74, 6) is 0.537. The van der Waals surface area contributed by atoms with E-state index in [2.05, 4.69) is 0 Å². The van der Waals surface area contributed by atoms with Crippen LogP contribution >= 0.6 is 0 Å². The van der Waals surface area contributed by atoms with Crippen molar-refractivity contribution in [3.05, 3.63) is 154 Å². The Balaban J connectivity index is 1.36. The average molecular weight is 495 g/mol. The first-order valence-electron chi connectivity index (χ1n) is 12.6. The monoisotopic (exact) mass is 494 g/mol. The maximum atomic E-state index is 13.9. The van der Waals surface area contributed by atoms with Crippen molar-refractivity contribution < 1.29 is 19.1 Å². The van der Waals surface area contributed by atoms with Crippen LogP contribution in [0.3, 0.4) is 0 Å². The lowest BCUT2D eigenvalue weighted by molar-refractivity contribution is 0.0927. The molecule has 2 aliphatic rings. The number of hydrogen-bond acceptors (Lipinski definition) is 4. The highest BCUT2D eigenvalue weighted by molar-refractivity contribution is 6.27. The molecule has 0 saturated heterocycles. The Hall–Kier alpha value is -4.96. The Morgan fingerprint density at radius 2 is 1.34 bits per heavy atom. The molecular formula is C34H22O4. The van der Waals surface area contributed by atoms with E-state index in [-0.39, 0.29) is 17.3 Å². The molecule has 1 unspecified atom stereocenters. The van der Waals surface area contributed by atoms with E-state index in [0.717, 1.165) is 33.2 Å². The second-order valence-electron chi connectivity index (χ2n) is 9.52. The molecule has 1 heterocycles. The molecule has 5 aromatic rings. The average Bonchev–Trinajstić information content (AvgIpc) is 2.98. The fourth-order valence-corrected chi connectivity index (χ4v) is 5.48. The zero-order valence-corrected chi connectivity index (χ0v) is 20.4. The second kappa shape index (κ2) is 8.86. The number of fused-ring (bicyclic) bond motifs is 4. The highest BCUT2D eigenvalue weighted by Gasteiger charge is 2.43. The van der Waals surface area contributed by atoms with E-state index in [1.54, 1.807) is 24.3 Å². The summed E-state index contributed by atoms with van der Waals surface area (Å²) < 4.78 is 12.2. The number of rotatable bonds is 4. The van der Waals surface area contributed by atoms with Crippen molar-refractivity contribution in [3.8, 4) is 11.5 Å². The van der Waals surface area contributed by atoms with Crippen molar-refractivity contribution in [2.75, 3.05) is 0 Å². The highest BCUT2D eigenvalue weighted by Crippen LogP contribution is 2.49. The van der Waals surface area contributed by atoms with Crippen molar-refractivity contribution in [1.29, 1.82) is 0 Å². The van der Waals surface area contributed by atoms with Crippen LogP contribution in [0, 0.1) is 0 Å². The molecule has 0 amide bonds. The van der Waals surface area contributed by atoms with Gasteiger partial charge in [0.25, 0.3) is 0 Å². The maximum Gasteiger partial charge on any atom is 0.229 e. The predicted molar refractivity (Wildman–Crippen MR) is 146 cm³/mol. The van der Waals surface area contributed by atoms with Gasteiger partial charge >= 0.3 is 0 Å². The minimum atomic E-state index is -0.465. The molecular weight excluding hydrogens is 472 g/mol. The summed E-state index contributed by atoms with van der Waals surface area (Å²) in [6.45, 7) is 0.462. The van der Waals surface area contributed by atoms with Gasteiger partial charge in [0.05, 0.1) is 5.57 Å². The molecule has 0 fully saturated rings. The third-order valence-electron chi connectivity index (χ3n) is 7.29. The number of ether oxygens (including phenoxy) is 2. The molecule has 1 atom stereocenters. The first kappa shape index (κ1) is 22.3. The number of benzene rings is 5. The SMILES string of the molecule is O=C1C2=C(C(=O)c3ccccc31)C(c1ccc(OCc3ccccc3)cc1)c1c(ccc3ccccc13)O2. The van der Waals surface area contributed by atoms with E-state index in [0.29, 0.717) is 29.1 Å². The largest absolute Gasteiger partial charge is 0.489 e. The van der Waals surface area contributed by atoms with Crippen molar-refractivity contribution >= 4 is 22.3 Å². The fraction of sp³-hybridized carbons (Fsp3) is 0.0588. The quantitative estimate of drug-likeness (QED) is 0.264. The molecule has 0 N–H and O–H groups in total. The molecule has 7 rings (SSSR count). The number of ketones is 2. The lowest BCUT2D eigenvalue weighted by Crippen LogP contribution is -2.31. The Bertz CT molecular complexity index is 1760. The minimum Gasteiger partial charge on any atom is -0.489 e. The zero-order valence-electron chi connectivity index (χ0n) is 20.4. The molecule has 182 valence electrons. The van der Waals surface area contributed by atoms with Gasteiger partial charge in [0, 0.05) is 22.6 Å². The summed E-state index contributed by atoms with van der Waals surface area (Å²) >= 11 is 0. The molecule has 4 heteroatoms. The van der Waals surface area contributed by atoms with E-state index in [1.165, 1.54) is 0 Å². The molecule has 1 aliphatic heterocycles. The van der Waals surface area contributed by atoms with Crippen LogP contribution in [0.5, 0.6) is 11.5 Å². The van der Waals surface area contributed by atoms with E-state index in [1.807, 2.05) is 91.0 Å². The van der Waals surface area contributed by atoms with Crippen LogP contribution in [-0.2, 0) is 6.61 Å². The highest BCUT2D eigenvalue weighted by atomic mass is 16.5. The number of Topliss-reactive ketones (excluding diaryl/α,β-unsaturated/α-hetero) is 2. The van der Waals surface area contributed by atoms with Gasteiger partial charge in [0.2, 0.25) is 5.78 Å². The van der Waals surface area contributed by atoms with Crippen molar-refractivity contribution in [3.63, 3.8) is 0 Å². The molecule has 0 aromatic heterocycles. The second-order valence-corrected chi connectivity index (χ2v) is 9.52. The Morgan fingerprint density at radius 3 is 2.13 bits per heavy atom. The van der Waals surface area contributed by atoms with Crippen LogP contribution in [-0.4, -0.2) is 11.6 Å². The molecule has 5 aromatic carbocycles. The van der Waals surface area contributed by atoms with Gasteiger partial charge in [0.1, 0.15) is 18.1 Å². The maximum absolute atomic E-state index is 13.9. The van der Waals surface area contributed by atoms with E-state index < -0.39 is 5.92 Å². The van der Waals surface area contributed by atoms with Gasteiger partial charge in [-0.2, -0.15) is 0 Å². The van der Waals surface area contributed by atoms with Crippen LogP contribution in [0.4, 0.5) is 0 Å². The van der Waals surface area contributed by atoms with Gasteiger partial charge in [-0.3, -0.25) is 9.59 Å². The van der Waals surface area contributed by atoms with Gasteiger partial charge in [-0.25, -0.2) is 0 Å². The van der Waals surface area contributed by atoms with Gasteiger partial charge in [-0.1, -0.05) is 97.1 Å². The normalized spacial score (nSPS) is 15.9. The standard InChI is InChI=1S/C34H22O4/c35-32-26-12-6-7-13-27(26)33(36)34-31(32)29(30-25-11-5-4-10-22(25)16-19-28(30)38-34)23-14-17-24(18-15-23)37-20-21-8-2-1-3-9-21/h1-19,29H,20H2. The molecule has 1 aliphatic carbocycles. The number of allylic oxidation sites excluding steroid dienone is 2. The summed E-state index contributed by atoms with van der Waals surface area (Å²) in [6.07, 6.45) is 0. The Labute approximate surface area is 219 Å². The molecule has 0 saturated carbocycles. The zero-order chi connectivity index (χ0) is 25.6. The predicted octanol–water partition coefficient (Wildman–Crippen LogP) is 7.28. The van der Waals surface area contributed by atoms with Crippen molar-refractivity contribution in [1.82, 2.24) is 0 Å². The van der Waals surface area contributed by atoms with Gasteiger partial charge in [-0.05, 0) is 40.1 Å². The summed E-state index contributed by atoms with van der Waals surface area (Å²) in [5, 5.41) is 2.03. The number of carbonyl (C=O) groups is 2. The Morgan fingerprint density at radius 1 is 0.658 bits per heavy atom. The van der Waals surface area contributed by atoms with E-state index in [4.69, 9.17) is 9.47 Å². The van der Waals surface area contributed by atoms with Crippen molar-refractivity contribution in [2.45, 2.75) is 12.5 Å². The summed E-state index contributed by atoms with van der Waals surface area (Å²) in [6, 6.07) is 36.7. The van der Waals surface area contributed by atoms with E-state index >= 15 is 0 Å². The topological polar surface area (TPSA) is 52.6 Å². The van der Waals surface area contributed by atoms with Crippen LogP contribution in [0.15, 0.2) is 127 Å². The lowest BCUT2D eigenvalue weighted by Gasteiger charge is -2.33. The Kier molecular flexibility index (Phi) is 5.19. The first-order chi connectivity index (χ1) is 18.7. The molecule has 0 radical (unpaired) electrons. The summed E-state index contributed by atoms with van der Waals surface area (Å²) in [4.78, 5) is 27.5. The van der Waals surface area contributed by atoms with Crippen LogP contribution in [0.2, 0.25) is 0 Å². The molecule has 0 spiro atoms. The smallest absolute Gasteiger partial charge is 0.229 e. The number of hydrogen-bond donors (Lipinski definition) is 0. The summed E-state index contributed by atoms with van der Waals surface area (Å²) in [5.41, 5.74) is 4.04. The molecule has 38 heavy (non-hydrogen) atoms. The molecule has 4 nitrogen and oxygen atoms in total. The first-order valence-corrected chi connectivity index (χ1v) is 12.6.